The fourth-order valence-corrected chi connectivity index (χ4v) is 2.45. The van der Waals surface area contributed by atoms with Crippen LogP contribution in [0.3, 0.4) is 0 Å². The molecule has 0 atom stereocenters. The second-order valence-corrected chi connectivity index (χ2v) is 5.85. The van der Waals surface area contributed by atoms with Crippen LogP contribution in [-0.4, -0.2) is 11.0 Å². The molecule has 1 heterocycles. The number of nitrogens with zero attached hydrogens (tertiary/aromatic N) is 1. The molecule has 0 saturated heterocycles. The summed E-state index contributed by atoms with van der Waals surface area (Å²) in [6.45, 7) is 3.05. The van der Waals surface area contributed by atoms with Crippen molar-refractivity contribution in [3.05, 3.63) is 65.0 Å². The third-order valence-electron chi connectivity index (χ3n) is 4.06. The number of hydrogen-bond acceptors (Lipinski definition) is 2. The molecule has 1 aromatic carbocycles. The molecule has 1 aromatic heterocycles. The van der Waals surface area contributed by atoms with Crippen LogP contribution in [0.25, 0.3) is 0 Å². The van der Waals surface area contributed by atoms with Crippen LogP contribution in [0.15, 0.2) is 42.7 Å². The van der Waals surface area contributed by atoms with Crippen molar-refractivity contribution in [1.82, 2.24) is 15.6 Å². The highest BCUT2D eigenvalue weighted by Gasteiger charge is 2.22. The first-order chi connectivity index (χ1) is 10.7. The van der Waals surface area contributed by atoms with E-state index in [0.29, 0.717) is 13.1 Å². The molecule has 114 valence electrons. The molecular formula is C18H21N3O. The van der Waals surface area contributed by atoms with Crippen LogP contribution in [0.1, 0.15) is 41.0 Å². The van der Waals surface area contributed by atoms with Crippen molar-refractivity contribution in [1.29, 1.82) is 0 Å². The van der Waals surface area contributed by atoms with Gasteiger partial charge in [0.2, 0.25) is 0 Å². The molecule has 0 bridgehead atoms. The summed E-state index contributed by atoms with van der Waals surface area (Å²) in [4.78, 5) is 15.9. The number of urea groups is 1. The number of nitrogens with one attached hydrogen (secondary N) is 2. The number of pyridine rings is 1. The number of carbonyl (C=O) groups is 1. The van der Waals surface area contributed by atoms with E-state index in [0.717, 1.165) is 22.6 Å². The van der Waals surface area contributed by atoms with E-state index in [1.807, 2.05) is 13.0 Å². The molecule has 22 heavy (non-hydrogen) atoms. The lowest BCUT2D eigenvalue weighted by molar-refractivity contribution is 0.240. The molecule has 2 amide bonds. The topological polar surface area (TPSA) is 54.0 Å². The first-order valence-corrected chi connectivity index (χ1v) is 7.72. The minimum absolute atomic E-state index is 0.150. The predicted octanol–water partition coefficient (Wildman–Crippen LogP) is 3.27. The molecule has 0 unspecified atom stereocenters. The molecule has 4 nitrogen and oxygen atoms in total. The molecule has 0 radical (unpaired) electrons. The van der Waals surface area contributed by atoms with Crippen molar-refractivity contribution in [3.8, 4) is 0 Å². The van der Waals surface area contributed by atoms with Crippen LogP contribution in [0, 0.1) is 6.92 Å². The molecular weight excluding hydrogens is 274 g/mol. The van der Waals surface area contributed by atoms with Crippen LogP contribution < -0.4 is 10.6 Å². The normalized spacial score (nSPS) is 13.7. The SMILES string of the molecule is Cc1cnccc1CNC(=O)NCc1ccc(C2CC2)cc1. The van der Waals surface area contributed by atoms with Gasteiger partial charge < -0.3 is 10.6 Å². The quantitative estimate of drug-likeness (QED) is 0.889. The Kier molecular flexibility index (Phi) is 4.37. The number of hydrogen-bond donors (Lipinski definition) is 2. The van der Waals surface area contributed by atoms with Crippen molar-refractivity contribution < 1.29 is 4.79 Å². The zero-order valence-corrected chi connectivity index (χ0v) is 12.8. The van der Waals surface area contributed by atoms with E-state index < -0.39 is 0 Å². The van der Waals surface area contributed by atoms with Crippen LogP contribution in [0.4, 0.5) is 4.79 Å². The Morgan fingerprint density at radius 1 is 1.14 bits per heavy atom. The first-order valence-electron chi connectivity index (χ1n) is 7.72. The third-order valence-corrected chi connectivity index (χ3v) is 4.06. The van der Waals surface area contributed by atoms with Gasteiger partial charge in [0, 0.05) is 25.5 Å². The lowest BCUT2D eigenvalue weighted by Gasteiger charge is -2.09. The summed E-state index contributed by atoms with van der Waals surface area (Å²) in [5, 5.41) is 5.76. The Hall–Kier alpha value is -2.36. The molecule has 0 aliphatic heterocycles. The Morgan fingerprint density at radius 3 is 2.55 bits per heavy atom. The van der Waals surface area contributed by atoms with Crippen LogP contribution in [-0.2, 0) is 13.1 Å². The number of aryl methyl sites for hydroxylation is 1. The van der Waals surface area contributed by atoms with Gasteiger partial charge in [-0.25, -0.2) is 4.79 Å². The Morgan fingerprint density at radius 2 is 1.86 bits per heavy atom. The van der Waals surface area contributed by atoms with Crippen molar-refractivity contribution in [2.75, 3.05) is 0 Å². The zero-order chi connectivity index (χ0) is 15.4. The third kappa shape index (κ3) is 3.85. The number of benzene rings is 1. The number of carbonyl (C=O) groups excluding carboxylic acids is 1. The lowest BCUT2D eigenvalue weighted by Crippen LogP contribution is -2.34. The molecule has 1 aliphatic rings. The van der Waals surface area contributed by atoms with E-state index in [-0.39, 0.29) is 6.03 Å². The molecule has 0 spiro atoms. The van der Waals surface area contributed by atoms with Gasteiger partial charge in [0.05, 0.1) is 0 Å². The second kappa shape index (κ2) is 6.60. The van der Waals surface area contributed by atoms with Crippen LogP contribution in [0.2, 0.25) is 0 Å². The van der Waals surface area contributed by atoms with Crippen LogP contribution in [0.5, 0.6) is 0 Å². The maximum absolute atomic E-state index is 11.8. The Labute approximate surface area is 131 Å². The van der Waals surface area contributed by atoms with Crippen molar-refractivity contribution in [2.45, 2.75) is 38.8 Å². The fraction of sp³-hybridized carbons (Fsp3) is 0.333. The molecule has 2 N–H and O–H groups in total. The van der Waals surface area contributed by atoms with Gasteiger partial charge in [-0.1, -0.05) is 24.3 Å². The average molecular weight is 295 g/mol. The minimum Gasteiger partial charge on any atom is -0.334 e. The highest BCUT2D eigenvalue weighted by atomic mass is 16.2. The standard InChI is InChI=1S/C18H21N3O/c1-13-10-19-9-8-17(13)12-21-18(22)20-11-14-2-4-15(5-3-14)16-6-7-16/h2-5,8-10,16H,6-7,11-12H2,1H3,(H2,20,21,22). The molecule has 1 aliphatic carbocycles. The van der Waals surface area contributed by atoms with E-state index in [9.17, 15) is 4.79 Å². The van der Waals surface area contributed by atoms with Crippen molar-refractivity contribution >= 4 is 6.03 Å². The highest BCUT2D eigenvalue weighted by Crippen LogP contribution is 2.39. The lowest BCUT2D eigenvalue weighted by atomic mass is 10.1. The molecule has 2 aromatic rings. The van der Waals surface area contributed by atoms with E-state index >= 15 is 0 Å². The van der Waals surface area contributed by atoms with Gasteiger partial charge in [0.25, 0.3) is 0 Å². The molecule has 1 saturated carbocycles. The van der Waals surface area contributed by atoms with Gasteiger partial charge in [-0.05, 0) is 54.0 Å². The highest BCUT2D eigenvalue weighted by molar-refractivity contribution is 5.73. The van der Waals surface area contributed by atoms with Gasteiger partial charge in [0.1, 0.15) is 0 Å². The van der Waals surface area contributed by atoms with Crippen LogP contribution >= 0.6 is 0 Å². The van der Waals surface area contributed by atoms with Gasteiger partial charge in [-0.3, -0.25) is 4.98 Å². The molecule has 3 rings (SSSR count). The maximum atomic E-state index is 11.8. The number of amides is 2. The monoisotopic (exact) mass is 295 g/mol. The van der Waals surface area contributed by atoms with Gasteiger partial charge >= 0.3 is 6.03 Å². The minimum atomic E-state index is -0.150. The van der Waals surface area contributed by atoms with Gasteiger partial charge in [0.15, 0.2) is 0 Å². The summed E-state index contributed by atoms with van der Waals surface area (Å²) < 4.78 is 0. The summed E-state index contributed by atoms with van der Waals surface area (Å²) in [7, 11) is 0. The van der Waals surface area contributed by atoms with Gasteiger partial charge in [-0.15, -0.1) is 0 Å². The summed E-state index contributed by atoms with van der Waals surface area (Å²) >= 11 is 0. The van der Waals surface area contributed by atoms with Gasteiger partial charge in [-0.2, -0.15) is 0 Å². The smallest absolute Gasteiger partial charge is 0.315 e. The summed E-state index contributed by atoms with van der Waals surface area (Å²) in [6.07, 6.45) is 6.17. The second-order valence-electron chi connectivity index (χ2n) is 5.85. The summed E-state index contributed by atoms with van der Waals surface area (Å²) in [5.41, 5.74) is 4.71. The van der Waals surface area contributed by atoms with E-state index in [1.54, 1.807) is 12.4 Å². The largest absolute Gasteiger partial charge is 0.334 e. The Bertz CT molecular complexity index is 648. The zero-order valence-electron chi connectivity index (χ0n) is 12.8. The fourth-order valence-electron chi connectivity index (χ4n) is 2.45. The maximum Gasteiger partial charge on any atom is 0.315 e. The summed E-state index contributed by atoms with van der Waals surface area (Å²) in [6, 6.07) is 10.3. The van der Waals surface area contributed by atoms with Crippen molar-refractivity contribution in [3.63, 3.8) is 0 Å². The van der Waals surface area contributed by atoms with E-state index in [1.165, 1.54) is 18.4 Å². The molecule has 1 fully saturated rings. The Balaban J connectivity index is 1.44. The number of aromatic nitrogens is 1. The number of rotatable bonds is 5. The average Bonchev–Trinajstić information content (AvgIpc) is 3.37. The van der Waals surface area contributed by atoms with Crippen molar-refractivity contribution in [2.24, 2.45) is 0 Å². The van der Waals surface area contributed by atoms with E-state index in [2.05, 4.69) is 39.9 Å². The molecule has 4 heteroatoms. The predicted molar refractivity (Wildman–Crippen MR) is 86.5 cm³/mol. The van der Waals surface area contributed by atoms with E-state index in [4.69, 9.17) is 0 Å². The first kappa shape index (κ1) is 14.6. The summed E-state index contributed by atoms with van der Waals surface area (Å²) in [5.74, 6) is 0.772.